The molecule has 2 heterocycles. The zero-order chi connectivity index (χ0) is 24.0. The Hall–Kier alpha value is -3.81. The lowest BCUT2D eigenvalue weighted by Gasteiger charge is -2.39. The molecule has 0 unspecified atom stereocenters. The van der Waals surface area contributed by atoms with Gasteiger partial charge in [-0.2, -0.15) is 0 Å². The van der Waals surface area contributed by atoms with E-state index < -0.39 is 4.92 Å². The Morgan fingerprint density at radius 3 is 2.14 bits per heavy atom. The molecule has 1 saturated heterocycles. The third-order valence-electron chi connectivity index (χ3n) is 6.59. The van der Waals surface area contributed by atoms with Crippen molar-refractivity contribution < 1.29 is 9.45 Å². The fraction of sp³-hybridized carbons (Fsp3) is 0.250. The second-order valence-electron chi connectivity index (χ2n) is 8.84. The first-order chi connectivity index (χ1) is 17.2. The Labute approximate surface area is 204 Å². The molecule has 7 nitrogen and oxygen atoms in total. The van der Waals surface area contributed by atoms with Gasteiger partial charge in [-0.05, 0) is 11.1 Å². The number of nitrogens with zero attached hydrogens (tertiary/aromatic N) is 4. The van der Waals surface area contributed by atoms with E-state index in [1.54, 1.807) is 6.07 Å². The molecule has 0 N–H and O–H groups in total. The summed E-state index contributed by atoms with van der Waals surface area (Å²) >= 11 is 0. The van der Waals surface area contributed by atoms with Gasteiger partial charge in [-0.3, -0.25) is 15.0 Å². The summed E-state index contributed by atoms with van der Waals surface area (Å²) in [6, 6.07) is 30.1. The number of hydrogen-bond acceptors (Lipinski definition) is 6. The number of benzene rings is 3. The van der Waals surface area contributed by atoms with Crippen LogP contribution in [0.5, 0.6) is 0 Å². The van der Waals surface area contributed by atoms with Crippen molar-refractivity contribution in [3.8, 4) is 11.3 Å². The van der Waals surface area contributed by atoms with Crippen molar-refractivity contribution >= 4 is 5.69 Å². The minimum absolute atomic E-state index is 0.0502. The average molecular weight is 469 g/mol. The minimum atomic E-state index is -0.399. The average Bonchev–Trinajstić information content (AvgIpc) is 3.39. The fourth-order valence-corrected chi connectivity index (χ4v) is 4.74. The second kappa shape index (κ2) is 10.6. The Morgan fingerprint density at radius 2 is 1.51 bits per heavy atom. The quantitative estimate of drug-likeness (QED) is 0.261. The SMILES string of the molecule is O=[N+]([O-])c1cccc(-c2cc(CCN3CCN(C(c4ccccc4)c4ccccc4)CC3)on2)c1. The second-order valence-corrected chi connectivity index (χ2v) is 8.84. The van der Waals surface area contributed by atoms with Crippen molar-refractivity contribution in [2.24, 2.45) is 0 Å². The van der Waals surface area contributed by atoms with Crippen LogP contribution in [0, 0.1) is 10.1 Å². The highest BCUT2D eigenvalue weighted by atomic mass is 16.6. The zero-order valence-electron chi connectivity index (χ0n) is 19.5. The van der Waals surface area contributed by atoms with Gasteiger partial charge in [-0.15, -0.1) is 0 Å². The van der Waals surface area contributed by atoms with Gasteiger partial charge in [0.1, 0.15) is 11.5 Å². The van der Waals surface area contributed by atoms with E-state index in [0.717, 1.165) is 44.9 Å². The van der Waals surface area contributed by atoms with Crippen LogP contribution in [0.3, 0.4) is 0 Å². The molecule has 35 heavy (non-hydrogen) atoms. The molecule has 0 aliphatic carbocycles. The summed E-state index contributed by atoms with van der Waals surface area (Å²) < 4.78 is 5.53. The van der Waals surface area contributed by atoms with Crippen molar-refractivity contribution in [3.05, 3.63) is 118 Å². The zero-order valence-corrected chi connectivity index (χ0v) is 19.5. The number of nitro groups is 1. The van der Waals surface area contributed by atoms with Gasteiger partial charge in [0, 0.05) is 62.9 Å². The Bertz CT molecular complexity index is 1210. The van der Waals surface area contributed by atoms with Crippen molar-refractivity contribution in [3.63, 3.8) is 0 Å². The summed E-state index contributed by atoms with van der Waals surface area (Å²) in [4.78, 5) is 15.7. The Balaban J connectivity index is 1.19. The molecule has 1 aromatic heterocycles. The molecule has 4 aromatic rings. The van der Waals surface area contributed by atoms with Gasteiger partial charge in [0.15, 0.2) is 0 Å². The van der Waals surface area contributed by atoms with Crippen LogP contribution in [0.4, 0.5) is 5.69 Å². The van der Waals surface area contributed by atoms with Gasteiger partial charge in [-0.25, -0.2) is 0 Å². The third kappa shape index (κ3) is 5.48. The van der Waals surface area contributed by atoms with Crippen LogP contribution >= 0.6 is 0 Å². The number of hydrogen-bond donors (Lipinski definition) is 0. The molecule has 0 amide bonds. The molecule has 178 valence electrons. The largest absolute Gasteiger partial charge is 0.361 e. The van der Waals surface area contributed by atoms with E-state index >= 15 is 0 Å². The maximum absolute atomic E-state index is 11.0. The predicted molar refractivity (Wildman–Crippen MR) is 135 cm³/mol. The molecule has 5 rings (SSSR count). The fourth-order valence-electron chi connectivity index (χ4n) is 4.74. The van der Waals surface area contributed by atoms with Crippen LogP contribution in [-0.2, 0) is 6.42 Å². The first kappa shape index (κ1) is 23.0. The first-order valence-corrected chi connectivity index (χ1v) is 11.9. The van der Waals surface area contributed by atoms with Gasteiger partial charge in [0.25, 0.3) is 5.69 Å². The van der Waals surface area contributed by atoms with Gasteiger partial charge in [0.2, 0.25) is 0 Å². The number of aromatic nitrogens is 1. The number of rotatable bonds is 8. The lowest BCUT2D eigenvalue weighted by molar-refractivity contribution is -0.384. The molecule has 3 aromatic carbocycles. The Kier molecular flexibility index (Phi) is 6.97. The van der Waals surface area contributed by atoms with E-state index in [-0.39, 0.29) is 11.7 Å². The number of piperazine rings is 1. The molecule has 1 aliphatic heterocycles. The number of nitro benzene ring substituents is 1. The molecule has 0 saturated carbocycles. The molecular formula is C28H28N4O3. The van der Waals surface area contributed by atoms with E-state index in [2.05, 4.69) is 75.6 Å². The standard InChI is InChI=1S/C28H28N4O3/c33-32(34)25-13-7-12-24(20-25)27-21-26(35-29-27)14-15-30-16-18-31(19-17-30)28(22-8-3-1-4-9-22)23-10-5-2-6-11-23/h1-13,20-21,28H,14-19H2. The molecule has 1 aliphatic rings. The summed E-state index contributed by atoms with van der Waals surface area (Å²) in [7, 11) is 0. The van der Waals surface area contributed by atoms with Crippen molar-refractivity contribution in [2.45, 2.75) is 12.5 Å². The third-order valence-corrected chi connectivity index (χ3v) is 6.59. The molecule has 0 atom stereocenters. The van der Waals surface area contributed by atoms with E-state index in [1.807, 2.05) is 12.1 Å². The van der Waals surface area contributed by atoms with Crippen LogP contribution in [0.15, 0.2) is 95.5 Å². The van der Waals surface area contributed by atoms with Crippen molar-refractivity contribution in [1.82, 2.24) is 15.0 Å². The maximum Gasteiger partial charge on any atom is 0.270 e. The summed E-state index contributed by atoms with van der Waals surface area (Å²) in [6.07, 6.45) is 0.753. The van der Waals surface area contributed by atoms with Gasteiger partial charge in [0.05, 0.1) is 11.0 Å². The molecule has 1 fully saturated rings. The highest BCUT2D eigenvalue weighted by Gasteiger charge is 2.26. The smallest absolute Gasteiger partial charge is 0.270 e. The van der Waals surface area contributed by atoms with E-state index in [1.165, 1.54) is 23.3 Å². The summed E-state index contributed by atoms with van der Waals surface area (Å²) in [5.41, 5.74) is 4.01. The lowest BCUT2D eigenvalue weighted by Crippen LogP contribution is -2.48. The normalized spacial score (nSPS) is 14.9. The highest BCUT2D eigenvalue weighted by molar-refractivity contribution is 5.62. The van der Waals surface area contributed by atoms with Crippen LogP contribution < -0.4 is 0 Å². The van der Waals surface area contributed by atoms with Crippen LogP contribution in [0.25, 0.3) is 11.3 Å². The monoisotopic (exact) mass is 468 g/mol. The summed E-state index contributed by atoms with van der Waals surface area (Å²) in [5.74, 6) is 0.792. The van der Waals surface area contributed by atoms with Crippen molar-refractivity contribution in [2.75, 3.05) is 32.7 Å². The Morgan fingerprint density at radius 1 is 0.857 bits per heavy atom. The van der Waals surface area contributed by atoms with E-state index in [0.29, 0.717) is 11.3 Å². The van der Waals surface area contributed by atoms with Gasteiger partial charge >= 0.3 is 0 Å². The molecule has 0 spiro atoms. The molecule has 7 heteroatoms. The molecular weight excluding hydrogens is 440 g/mol. The molecule has 0 radical (unpaired) electrons. The topological polar surface area (TPSA) is 75.7 Å². The summed E-state index contributed by atoms with van der Waals surface area (Å²) in [5, 5.41) is 15.2. The van der Waals surface area contributed by atoms with E-state index in [9.17, 15) is 10.1 Å². The maximum atomic E-state index is 11.0. The molecule has 0 bridgehead atoms. The van der Waals surface area contributed by atoms with Crippen LogP contribution in [0.2, 0.25) is 0 Å². The highest BCUT2D eigenvalue weighted by Crippen LogP contribution is 2.29. The first-order valence-electron chi connectivity index (χ1n) is 11.9. The number of non-ortho nitro benzene ring substituents is 1. The van der Waals surface area contributed by atoms with Gasteiger partial charge in [-0.1, -0.05) is 78.0 Å². The summed E-state index contributed by atoms with van der Waals surface area (Å²) in [6.45, 7) is 4.84. The van der Waals surface area contributed by atoms with Crippen LogP contribution in [0.1, 0.15) is 22.9 Å². The minimum Gasteiger partial charge on any atom is -0.361 e. The van der Waals surface area contributed by atoms with E-state index in [4.69, 9.17) is 4.52 Å². The predicted octanol–water partition coefficient (Wildman–Crippen LogP) is 5.20. The van der Waals surface area contributed by atoms with Crippen LogP contribution in [-0.4, -0.2) is 52.6 Å². The van der Waals surface area contributed by atoms with Gasteiger partial charge < -0.3 is 9.42 Å². The lowest BCUT2D eigenvalue weighted by atomic mass is 9.96. The van der Waals surface area contributed by atoms with Crippen molar-refractivity contribution in [1.29, 1.82) is 0 Å².